The lowest BCUT2D eigenvalue weighted by molar-refractivity contribution is -0.139. The van der Waals surface area contributed by atoms with E-state index in [1.54, 1.807) is 7.05 Å². The van der Waals surface area contributed by atoms with Crippen LogP contribution < -0.4 is 5.32 Å². The standard InChI is InChI=1S/C10H14N4O3/c1-14-6-7(12-13-14)9(17)11-10(3-2-4-10)5-8(15)16/h6H,2-5H2,1H3,(H,11,17)(H,15,16). The van der Waals surface area contributed by atoms with Crippen molar-refractivity contribution in [2.75, 3.05) is 0 Å². The van der Waals surface area contributed by atoms with Gasteiger partial charge in [0.2, 0.25) is 0 Å². The molecule has 1 saturated carbocycles. The summed E-state index contributed by atoms with van der Waals surface area (Å²) < 4.78 is 1.43. The Morgan fingerprint density at radius 2 is 2.29 bits per heavy atom. The first kappa shape index (κ1) is 11.6. The van der Waals surface area contributed by atoms with Crippen molar-refractivity contribution in [3.8, 4) is 0 Å². The van der Waals surface area contributed by atoms with Crippen LogP contribution >= 0.6 is 0 Å². The summed E-state index contributed by atoms with van der Waals surface area (Å²) in [4.78, 5) is 22.6. The number of aromatic nitrogens is 3. The van der Waals surface area contributed by atoms with E-state index < -0.39 is 11.5 Å². The first-order valence-electron chi connectivity index (χ1n) is 5.41. The molecule has 0 bridgehead atoms. The van der Waals surface area contributed by atoms with Gasteiger partial charge in [-0.05, 0) is 19.3 Å². The average molecular weight is 238 g/mol. The highest BCUT2D eigenvalue weighted by Gasteiger charge is 2.40. The SMILES string of the molecule is Cn1cc(C(=O)NC2(CC(=O)O)CCC2)nn1. The second-order valence-corrected chi connectivity index (χ2v) is 4.44. The number of amides is 1. The van der Waals surface area contributed by atoms with E-state index in [-0.39, 0.29) is 18.0 Å². The number of aryl methyl sites for hydroxylation is 1. The Bertz CT molecular complexity index is 450. The molecule has 1 aromatic rings. The van der Waals surface area contributed by atoms with Gasteiger partial charge in [0, 0.05) is 7.05 Å². The zero-order valence-corrected chi connectivity index (χ0v) is 9.51. The number of rotatable bonds is 4. The van der Waals surface area contributed by atoms with Crippen LogP contribution in [0.2, 0.25) is 0 Å². The number of hydrogen-bond acceptors (Lipinski definition) is 4. The van der Waals surface area contributed by atoms with Crippen molar-refractivity contribution in [1.82, 2.24) is 20.3 Å². The van der Waals surface area contributed by atoms with Crippen LogP contribution in [0.25, 0.3) is 0 Å². The monoisotopic (exact) mass is 238 g/mol. The third kappa shape index (κ3) is 2.43. The van der Waals surface area contributed by atoms with Gasteiger partial charge in [-0.3, -0.25) is 14.3 Å². The highest BCUT2D eigenvalue weighted by Crippen LogP contribution is 2.35. The smallest absolute Gasteiger partial charge is 0.305 e. The number of carbonyl (C=O) groups excluding carboxylic acids is 1. The van der Waals surface area contributed by atoms with E-state index in [0.29, 0.717) is 12.8 Å². The highest BCUT2D eigenvalue weighted by molar-refractivity contribution is 5.92. The van der Waals surface area contributed by atoms with Crippen molar-refractivity contribution in [3.05, 3.63) is 11.9 Å². The van der Waals surface area contributed by atoms with Crippen molar-refractivity contribution in [2.24, 2.45) is 7.05 Å². The van der Waals surface area contributed by atoms with Gasteiger partial charge >= 0.3 is 5.97 Å². The number of nitrogens with one attached hydrogen (secondary N) is 1. The largest absolute Gasteiger partial charge is 0.481 e. The molecule has 0 saturated heterocycles. The summed E-state index contributed by atoms with van der Waals surface area (Å²) >= 11 is 0. The molecule has 1 aliphatic carbocycles. The lowest BCUT2D eigenvalue weighted by Crippen LogP contribution is -2.54. The van der Waals surface area contributed by atoms with Crippen LogP contribution in [0.5, 0.6) is 0 Å². The fraction of sp³-hybridized carbons (Fsp3) is 0.600. The summed E-state index contributed by atoms with van der Waals surface area (Å²) in [6.07, 6.45) is 3.80. The van der Waals surface area contributed by atoms with Gasteiger partial charge in [0.1, 0.15) is 0 Å². The molecule has 1 aliphatic rings. The molecule has 1 amide bonds. The molecule has 0 radical (unpaired) electrons. The van der Waals surface area contributed by atoms with E-state index in [2.05, 4.69) is 15.6 Å². The fourth-order valence-corrected chi connectivity index (χ4v) is 2.00. The van der Waals surface area contributed by atoms with Gasteiger partial charge in [-0.2, -0.15) is 0 Å². The van der Waals surface area contributed by atoms with Crippen LogP contribution in [-0.2, 0) is 11.8 Å². The molecule has 92 valence electrons. The molecule has 1 aromatic heterocycles. The molecule has 0 unspecified atom stereocenters. The Kier molecular flexibility index (Phi) is 2.83. The van der Waals surface area contributed by atoms with E-state index in [4.69, 9.17) is 5.11 Å². The topological polar surface area (TPSA) is 97.1 Å². The maximum Gasteiger partial charge on any atom is 0.305 e. The Labute approximate surface area is 97.8 Å². The van der Waals surface area contributed by atoms with E-state index >= 15 is 0 Å². The Morgan fingerprint density at radius 3 is 2.71 bits per heavy atom. The fourth-order valence-electron chi connectivity index (χ4n) is 2.00. The Hall–Kier alpha value is -1.92. The normalized spacial score (nSPS) is 17.2. The summed E-state index contributed by atoms with van der Waals surface area (Å²) in [6.45, 7) is 0. The Balaban J connectivity index is 2.04. The molecule has 0 spiro atoms. The van der Waals surface area contributed by atoms with E-state index in [0.717, 1.165) is 6.42 Å². The van der Waals surface area contributed by atoms with Gasteiger partial charge < -0.3 is 10.4 Å². The molecular formula is C10H14N4O3. The summed E-state index contributed by atoms with van der Waals surface area (Å²) in [5, 5.41) is 18.9. The zero-order valence-electron chi connectivity index (χ0n) is 9.51. The maximum absolute atomic E-state index is 11.8. The van der Waals surface area contributed by atoms with Crippen LogP contribution in [-0.4, -0.2) is 37.5 Å². The second kappa shape index (κ2) is 4.15. The quantitative estimate of drug-likeness (QED) is 0.766. The molecule has 7 heteroatoms. The molecule has 1 fully saturated rings. The van der Waals surface area contributed by atoms with E-state index in [1.807, 2.05) is 0 Å². The van der Waals surface area contributed by atoms with Gasteiger partial charge in [-0.25, -0.2) is 0 Å². The van der Waals surface area contributed by atoms with Crippen LogP contribution in [0.1, 0.15) is 36.2 Å². The minimum atomic E-state index is -0.899. The molecule has 0 atom stereocenters. The van der Waals surface area contributed by atoms with Gasteiger partial charge in [0.15, 0.2) is 5.69 Å². The molecular weight excluding hydrogens is 224 g/mol. The molecule has 0 aromatic carbocycles. The van der Waals surface area contributed by atoms with E-state index in [9.17, 15) is 9.59 Å². The number of aliphatic carboxylic acids is 1. The third-order valence-corrected chi connectivity index (χ3v) is 3.01. The summed E-state index contributed by atoms with van der Waals surface area (Å²) in [7, 11) is 1.67. The number of carboxylic acids is 1. The van der Waals surface area contributed by atoms with Crippen LogP contribution in [0, 0.1) is 0 Å². The van der Waals surface area contributed by atoms with Gasteiger partial charge in [-0.15, -0.1) is 5.10 Å². The average Bonchev–Trinajstić information content (AvgIpc) is 2.60. The van der Waals surface area contributed by atoms with Gasteiger partial charge in [0.05, 0.1) is 18.2 Å². The maximum atomic E-state index is 11.8. The lowest BCUT2D eigenvalue weighted by atomic mass is 9.74. The van der Waals surface area contributed by atoms with Crippen molar-refractivity contribution < 1.29 is 14.7 Å². The van der Waals surface area contributed by atoms with E-state index in [1.165, 1.54) is 10.9 Å². The number of carbonyl (C=O) groups is 2. The van der Waals surface area contributed by atoms with Gasteiger partial charge in [-0.1, -0.05) is 5.21 Å². The Morgan fingerprint density at radius 1 is 1.59 bits per heavy atom. The predicted octanol–water partition coefficient (Wildman–Crippen LogP) is -0.0577. The first-order valence-corrected chi connectivity index (χ1v) is 5.41. The summed E-state index contributed by atoms with van der Waals surface area (Å²) in [5.74, 6) is -1.26. The minimum absolute atomic E-state index is 0.0427. The molecule has 17 heavy (non-hydrogen) atoms. The summed E-state index contributed by atoms with van der Waals surface area (Å²) in [6, 6.07) is 0. The summed E-state index contributed by atoms with van der Waals surface area (Å²) in [5.41, 5.74) is -0.385. The van der Waals surface area contributed by atoms with Gasteiger partial charge in [0.25, 0.3) is 5.91 Å². The van der Waals surface area contributed by atoms with Crippen molar-refractivity contribution in [1.29, 1.82) is 0 Å². The van der Waals surface area contributed by atoms with Crippen molar-refractivity contribution >= 4 is 11.9 Å². The minimum Gasteiger partial charge on any atom is -0.481 e. The molecule has 2 N–H and O–H groups in total. The highest BCUT2D eigenvalue weighted by atomic mass is 16.4. The molecule has 7 nitrogen and oxygen atoms in total. The number of carboxylic acid groups (broad SMARTS) is 1. The van der Waals surface area contributed by atoms with Crippen LogP contribution in [0.3, 0.4) is 0 Å². The van der Waals surface area contributed by atoms with Crippen LogP contribution in [0.4, 0.5) is 0 Å². The van der Waals surface area contributed by atoms with Crippen molar-refractivity contribution in [3.63, 3.8) is 0 Å². The predicted molar refractivity (Wildman–Crippen MR) is 57.3 cm³/mol. The number of nitrogens with zero attached hydrogens (tertiary/aromatic N) is 3. The zero-order chi connectivity index (χ0) is 12.5. The molecule has 2 rings (SSSR count). The third-order valence-electron chi connectivity index (χ3n) is 3.01. The molecule has 0 aliphatic heterocycles. The number of hydrogen-bond donors (Lipinski definition) is 2. The lowest BCUT2D eigenvalue weighted by Gasteiger charge is -2.41. The first-order chi connectivity index (χ1) is 8.01. The second-order valence-electron chi connectivity index (χ2n) is 4.44. The van der Waals surface area contributed by atoms with Crippen molar-refractivity contribution in [2.45, 2.75) is 31.2 Å². The molecule has 1 heterocycles. The van der Waals surface area contributed by atoms with Crippen LogP contribution in [0.15, 0.2) is 6.20 Å².